The highest BCUT2D eigenvalue weighted by Gasteiger charge is 2.07. The Bertz CT molecular complexity index is 351. The van der Waals surface area contributed by atoms with E-state index in [1.54, 1.807) is 0 Å². The molecule has 0 amide bonds. The van der Waals surface area contributed by atoms with Crippen molar-refractivity contribution < 1.29 is 4.74 Å². The van der Waals surface area contributed by atoms with Crippen LogP contribution in [0.2, 0.25) is 0 Å². The molecule has 15 heavy (non-hydrogen) atoms. The Morgan fingerprint density at radius 3 is 2.33 bits per heavy atom. The smallest absolute Gasteiger partial charge is 0.184 e. The normalized spacial score (nSPS) is 10.1. The molecule has 3 heteroatoms. The molecule has 0 atom stereocenters. The number of nitrogens with one attached hydrogen (secondary N) is 1. The molecular weight excluding hydrogens is 254 g/mol. The summed E-state index contributed by atoms with van der Waals surface area (Å²) in [7, 11) is 0. The van der Waals surface area contributed by atoms with Crippen LogP contribution in [0.4, 0.5) is 0 Å². The predicted molar refractivity (Wildman–Crippen MR) is 66.7 cm³/mol. The largest absolute Gasteiger partial charge is 0.481 e. The second kappa shape index (κ2) is 5.31. The van der Waals surface area contributed by atoms with Gasteiger partial charge >= 0.3 is 0 Å². The molecule has 1 aromatic carbocycles. The van der Waals surface area contributed by atoms with E-state index in [0.717, 1.165) is 4.47 Å². The van der Waals surface area contributed by atoms with Crippen LogP contribution < -0.4 is 0 Å². The Morgan fingerprint density at radius 1 is 1.33 bits per heavy atom. The number of hydrogen-bond acceptors (Lipinski definition) is 2. The fraction of sp³-hybridized carbons (Fsp3) is 0.417. The van der Waals surface area contributed by atoms with E-state index in [-0.39, 0.29) is 0 Å². The molecule has 0 heterocycles. The molecule has 1 rings (SSSR count). The number of hydrogen-bond donors (Lipinski definition) is 1. The summed E-state index contributed by atoms with van der Waals surface area (Å²) in [6.07, 6.45) is 0.582. The topological polar surface area (TPSA) is 33.1 Å². The van der Waals surface area contributed by atoms with Crippen molar-refractivity contribution in [3.05, 3.63) is 33.3 Å². The first-order valence-electron chi connectivity index (χ1n) is 5.00. The standard InChI is InChI=1S/C12H16BrNO/c1-4-15-12(14)7-11-8(2)5-10(13)6-9(11)3/h5-6,14H,4,7H2,1-3H3. The van der Waals surface area contributed by atoms with Crippen molar-refractivity contribution in [3.8, 4) is 0 Å². The molecule has 0 aliphatic carbocycles. The van der Waals surface area contributed by atoms with E-state index in [1.165, 1.54) is 16.7 Å². The maximum atomic E-state index is 7.64. The molecule has 0 radical (unpaired) electrons. The molecule has 0 aliphatic rings. The van der Waals surface area contributed by atoms with Crippen molar-refractivity contribution >= 4 is 21.8 Å². The van der Waals surface area contributed by atoms with Gasteiger partial charge in [0.25, 0.3) is 0 Å². The molecule has 0 fully saturated rings. The Balaban J connectivity index is 2.90. The van der Waals surface area contributed by atoms with Crippen LogP contribution in [0, 0.1) is 19.3 Å². The van der Waals surface area contributed by atoms with E-state index in [9.17, 15) is 0 Å². The first kappa shape index (κ1) is 12.2. The van der Waals surface area contributed by atoms with Gasteiger partial charge in [0, 0.05) is 10.9 Å². The van der Waals surface area contributed by atoms with E-state index < -0.39 is 0 Å². The molecule has 0 unspecified atom stereocenters. The lowest BCUT2D eigenvalue weighted by Gasteiger charge is -2.11. The highest BCUT2D eigenvalue weighted by molar-refractivity contribution is 9.10. The molecule has 0 saturated heterocycles. The van der Waals surface area contributed by atoms with Crippen LogP contribution in [-0.4, -0.2) is 12.5 Å². The van der Waals surface area contributed by atoms with Gasteiger partial charge in [0.2, 0.25) is 0 Å². The van der Waals surface area contributed by atoms with Gasteiger partial charge in [0.05, 0.1) is 6.61 Å². The second-order valence-corrected chi connectivity index (χ2v) is 4.47. The number of aryl methyl sites for hydroxylation is 2. The van der Waals surface area contributed by atoms with Gasteiger partial charge in [-0.15, -0.1) is 0 Å². The molecule has 2 nitrogen and oxygen atoms in total. The van der Waals surface area contributed by atoms with Gasteiger partial charge in [0.15, 0.2) is 5.90 Å². The van der Waals surface area contributed by atoms with Crippen molar-refractivity contribution in [2.24, 2.45) is 0 Å². The van der Waals surface area contributed by atoms with Crippen molar-refractivity contribution in [1.29, 1.82) is 5.41 Å². The monoisotopic (exact) mass is 269 g/mol. The summed E-state index contributed by atoms with van der Waals surface area (Å²) in [6.45, 7) is 6.59. The SMILES string of the molecule is CCOC(=N)Cc1c(C)cc(Br)cc1C. The summed E-state index contributed by atoms with van der Waals surface area (Å²) in [5.41, 5.74) is 3.59. The Labute approximate surface area is 99.3 Å². The zero-order valence-corrected chi connectivity index (χ0v) is 10.9. The van der Waals surface area contributed by atoms with Gasteiger partial charge in [-0.1, -0.05) is 15.9 Å². The Morgan fingerprint density at radius 2 is 1.87 bits per heavy atom. The average Bonchev–Trinajstić information content (AvgIpc) is 2.11. The molecule has 0 aliphatic heterocycles. The van der Waals surface area contributed by atoms with E-state index in [4.69, 9.17) is 10.1 Å². The van der Waals surface area contributed by atoms with Crippen LogP contribution in [-0.2, 0) is 11.2 Å². The highest BCUT2D eigenvalue weighted by atomic mass is 79.9. The second-order valence-electron chi connectivity index (χ2n) is 3.55. The average molecular weight is 270 g/mol. The Kier molecular flexibility index (Phi) is 4.33. The minimum absolute atomic E-state index is 0.339. The van der Waals surface area contributed by atoms with Crippen LogP contribution >= 0.6 is 15.9 Å². The number of benzene rings is 1. The molecule has 1 N–H and O–H groups in total. The fourth-order valence-corrected chi connectivity index (χ4v) is 2.29. The van der Waals surface area contributed by atoms with Gasteiger partial charge in [-0.05, 0) is 49.6 Å². The first-order valence-corrected chi connectivity index (χ1v) is 5.79. The summed E-state index contributed by atoms with van der Waals surface area (Å²) in [5, 5.41) is 7.64. The van der Waals surface area contributed by atoms with E-state index in [1.807, 2.05) is 6.92 Å². The van der Waals surface area contributed by atoms with Crippen molar-refractivity contribution in [2.75, 3.05) is 6.61 Å². The van der Waals surface area contributed by atoms with Crippen LogP contribution in [0.25, 0.3) is 0 Å². The lowest BCUT2D eigenvalue weighted by Crippen LogP contribution is -2.09. The number of ether oxygens (including phenoxy) is 1. The van der Waals surface area contributed by atoms with Crippen molar-refractivity contribution in [3.63, 3.8) is 0 Å². The highest BCUT2D eigenvalue weighted by Crippen LogP contribution is 2.21. The van der Waals surface area contributed by atoms with Gasteiger partial charge in [-0.25, -0.2) is 0 Å². The lowest BCUT2D eigenvalue weighted by molar-refractivity contribution is 0.317. The zero-order chi connectivity index (χ0) is 11.4. The summed E-state index contributed by atoms with van der Waals surface area (Å²) < 4.78 is 6.24. The maximum Gasteiger partial charge on any atom is 0.184 e. The third-order valence-electron chi connectivity index (χ3n) is 2.32. The molecule has 0 saturated carbocycles. The molecule has 1 aromatic rings. The molecule has 0 aromatic heterocycles. The van der Waals surface area contributed by atoms with Gasteiger partial charge < -0.3 is 4.74 Å². The minimum atomic E-state index is 0.339. The van der Waals surface area contributed by atoms with Crippen molar-refractivity contribution in [1.82, 2.24) is 0 Å². The maximum absolute atomic E-state index is 7.64. The summed E-state index contributed by atoms with van der Waals surface area (Å²) >= 11 is 3.46. The van der Waals surface area contributed by atoms with Gasteiger partial charge in [0.1, 0.15) is 0 Å². The minimum Gasteiger partial charge on any atom is -0.481 e. The third kappa shape index (κ3) is 3.34. The fourth-order valence-electron chi connectivity index (χ4n) is 1.61. The van der Waals surface area contributed by atoms with Gasteiger partial charge in [-0.2, -0.15) is 0 Å². The van der Waals surface area contributed by atoms with Gasteiger partial charge in [-0.3, -0.25) is 5.41 Å². The van der Waals surface area contributed by atoms with Crippen LogP contribution in [0.5, 0.6) is 0 Å². The summed E-state index contributed by atoms with van der Waals surface area (Å²) in [5.74, 6) is 0.339. The lowest BCUT2D eigenvalue weighted by atomic mass is 10.0. The van der Waals surface area contributed by atoms with E-state index in [0.29, 0.717) is 18.9 Å². The third-order valence-corrected chi connectivity index (χ3v) is 2.77. The Hall–Kier alpha value is -0.830. The molecular formula is C12H16BrNO. The number of rotatable bonds is 3. The first-order chi connectivity index (χ1) is 7.04. The molecule has 0 bridgehead atoms. The quantitative estimate of drug-likeness (QED) is 0.660. The molecule has 82 valence electrons. The van der Waals surface area contributed by atoms with Crippen LogP contribution in [0.15, 0.2) is 16.6 Å². The summed E-state index contributed by atoms with van der Waals surface area (Å²) in [6, 6.07) is 4.14. The predicted octanol–water partition coefficient (Wildman–Crippen LogP) is 3.62. The van der Waals surface area contributed by atoms with Crippen molar-refractivity contribution in [2.45, 2.75) is 27.2 Å². The zero-order valence-electron chi connectivity index (χ0n) is 9.36. The summed E-state index contributed by atoms with van der Waals surface area (Å²) in [4.78, 5) is 0. The van der Waals surface area contributed by atoms with E-state index >= 15 is 0 Å². The van der Waals surface area contributed by atoms with Crippen LogP contribution in [0.1, 0.15) is 23.6 Å². The van der Waals surface area contributed by atoms with Crippen LogP contribution in [0.3, 0.4) is 0 Å². The number of halogens is 1. The molecule has 0 spiro atoms. The van der Waals surface area contributed by atoms with E-state index in [2.05, 4.69) is 41.9 Å².